The van der Waals surface area contributed by atoms with Crippen molar-refractivity contribution >= 4 is 23.6 Å². The smallest absolute Gasteiger partial charge is 0.328 e. The number of hydrogen-bond donors (Lipinski definition) is 1. The monoisotopic (exact) mass is 298 g/mol. The Bertz CT molecular complexity index is 469. The summed E-state index contributed by atoms with van der Waals surface area (Å²) in [5, 5.41) is 9.10. The highest BCUT2D eigenvalue weighted by Crippen LogP contribution is 2.29. The van der Waals surface area contributed by atoms with Gasteiger partial charge in [0, 0.05) is 18.2 Å². The van der Waals surface area contributed by atoms with E-state index in [2.05, 4.69) is 13.8 Å². The minimum absolute atomic E-state index is 0.365. The third kappa shape index (κ3) is 6.08. The van der Waals surface area contributed by atoms with Crippen LogP contribution in [0.4, 0.5) is 0 Å². The summed E-state index contributed by atoms with van der Waals surface area (Å²) in [5.74, 6) is -0.0691. The van der Waals surface area contributed by atoms with Crippen molar-refractivity contribution in [3.63, 3.8) is 0 Å². The Morgan fingerprint density at radius 3 is 2.80 bits per heavy atom. The molecule has 1 rings (SSSR count). The van der Waals surface area contributed by atoms with Gasteiger partial charge in [0.25, 0.3) is 0 Å². The summed E-state index contributed by atoms with van der Waals surface area (Å²) in [5.41, 5.74) is 0.628. The van der Waals surface area contributed by atoms with Gasteiger partial charge in [0.15, 0.2) is 0 Å². The summed E-state index contributed by atoms with van der Waals surface area (Å²) in [4.78, 5) is 10.6. The Morgan fingerprint density at radius 2 is 2.15 bits per heavy atom. The van der Waals surface area contributed by atoms with E-state index in [1.54, 1.807) is 18.2 Å². The molecule has 0 saturated carbocycles. The summed E-state index contributed by atoms with van der Waals surface area (Å²) in [6.07, 6.45) is 2.51. The number of aliphatic carboxylic acids is 1. The average molecular weight is 299 g/mol. The first-order valence-electron chi connectivity index (χ1n) is 6.40. The quantitative estimate of drug-likeness (QED) is 0.589. The Labute approximate surface area is 124 Å². The number of carboxylic acid groups (broad SMARTS) is 1. The van der Waals surface area contributed by atoms with Gasteiger partial charge in [-0.1, -0.05) is 37.6 Å². The maximum absolute atomic E-state index is 10.6. The maximum atomic E-state index is 10.6. The van der Waals surface area contributed by atoms with Gasteiger partial charge < -0.3 is 14.6 Å². The predicted octanol–water partition coefficient (Wildman–Crippen LogP) is 3.49. The fourth-order valence-corrected chi connectivity index (χ4v) is 1.73. The molecule has 0 heterocycles. The molecule has 1 aromatic rings. The first kappa shape index (κ1) is 16.5. The van der Waals surface area contributed by atoms with E-state index in [1.165, 1.54) is 6.08 Å². The van der Waals surface area contributed by atoms with Crippen molar-refractivity contribution in [2.45, 2.75) is 13.8 Å². The Balaban J connectivity index is 2.61. The molecular weight excluding hydrogens is 280 g/mol. The molecule has 0 fully saturated rings. The number of benzene rings is 1. The van der Waals surface area contributed by atoms with Gasteiger partial charge in [0.05, 0.1) is 11.6 Å². The van der Waals surface area contributed by atoms with Crippen molar-refractivity contribution in [2.75, 3.05) is 19.8 Å². The van der Waals surface area contributed by atoms with Crippen LogP contribution in [-0.2, 0) is 9.53 Å². The van der Waals surface area contributed by atoms with Crippen LogP contribution in [-0.4, -0.2) is 30.9 Å². The summed E-state index contributed by atoms with van der Waals surface area (Å²) in [6.45, 7) is 5.65. The van der Waals surface area contributed by atoms with E-state index in [0.717, 1.165) is 6.08 Å². The zero-order valence-electron chi connectivity index (χ0n) is 11.6. The summed E-state index contributed by atoms with van der Waals surface area (Å²) >= 11 is 6.06. The molecule has 0 aromatic heterocycles. The van der Waals surface area contributed by atoms with E-state index in [1.807, 2.05) is 0 Å². The maximum Gasteiger partial charge on any atom is 0.328 e. The van der Waals surface area contributed by atoms with Gasteiger partial charge in [0.2, 0.25) is 0 Å². The molecule has 0 aliphatic rings. The number of para-hydroxylation sites is 1. The number of carbonyl (C=O) groups is 1. The Kier molecular flexibility index (Phi) is 7.12. The third-order valence-electron chi connectivity index (χ3n) is 2.33. The second kappa shape index (κ2) is 8.61. The molecular formula is C15H19ClO4. The Morgan fingerprint density at radius 1 is 1.40 bits per heavy atom. The molecule has 0 aliphatic heterocycles. The van der Waals surface area contributed by atoms with Crippen LogP contribution in [0.25, 0.3) is 6.08 Å². The summed E-state index contributed by atoms with van der Waals surface area (Å²) in [7, 11) is 0. The van der Waals surface area contributed by atoms with Crippen LogP contribution in [0.3, 0.4) is 0 Å². The van der Waals surface area contributed by atoms with Crippen molar-refractivity contribution < 1.29 is 19.4 Å². The van der Waals surface area contributed by atoms with E-state index in [0.29, 0.717) is 42.1 Å². The van der Waals surface area contributed by atoms with E-state index in [9.17, 15) is 4.79 Å². The van der Waals surface area contributed by atoms with Crippen molar-refractivity contribution in [2.24, 2.45) is 5.92 Å². The average Bonchev–Trinajstić information content (AvgIpc) is 2.37. The normalized spacial score (nSPS) is 11.2. The van der Waals surface area contributed by atoms with Gasteiger partial charge in [-0.2, -0.15) is 0 Å². The fraction of sp³-hybridized carbons (Fsp3) is 0.400. The molecule has 0 radical (unpaired) electrons. The van der Waals surface area contributed by atoms with Crippen LogP contribution >= 0.6 is 11.6 Å². The first-order valence-corrected chi connectivity index (χ1v) is 6.78. The molecule has 0 saturated heterocycles. The molecule has 0 amide bonds. The molecule has 0 atom stereocenters. The SMILES string of the molecule is CC(C)COCCOc1c(Cl)cccc1/C=C/C(=O)O. The lowest BCUT2D eigenvalue weighted by molar-refractivity contribution is -0.131. The molecule has 110 valence electrons. The standard InChI is InChI=1S/C15H19ClO4/c1-11(2)10-19-8-9-20-15-12(6-7-14(17)18)4-3-5-13(15)16/h3-7,11H,8-10H2,1-2H3,(H,17,18)/b7-6+. The molecule has 0 bridgehead atoms. The predicted molar refractivity (Wildman–Crippen MR) is 79.3 cm³/mol. The summed E-state index contributed by atoms with van der Waals surface area (Å²) < 4.78 is 11.0. The molecule has 1 N–H and O–H groups in total. The Hall–Kier alpha value is -1.52. The highest BCUT2D eigenvalue weighted by atomic mass is 35.5. The second-order valence-corrected chi connectivity index (χ2v) is 5.05. The highest BCUT2D eigenvalue weighted by molar-refractivity contribution is 6.32. The second-order valence-electron chi connectivity index (χ2n) is 4.65. The lowest BCUT2D eigenvalue weighted by atomic mass is 10.2. The minimum atomic E-state index is -1.02. The van der Waals surface area contributed by atoms with Crippen molar-refractivity contribution in [3.05, 3.63) is 34.9 Å². The zero-order valence-corrected chi connectivity index (χ0v) is 12.4. The van der Waals surface area contributed by atoms with Gasteiger partial charge in [-0.15, -0.1) is 0 Å². The van der Waals surface area contributed by atoms with Gasteiger partial charge in [-0.3, -0.25) is 0 Å². The van der Waals surface area contributed by atoms with Crippen LogP contribution < -0.4 is 4.74 Å². The fourth-order valence-electron chi connectivity index (χ4n) is 1.49. The van der Waals surface area contributed by atoms with Gasteiger partial charge >= 0.3 is 5.97 Å². The topological polar surface area (TPSA) is 55.8 Å². The van der Waals surface area contributed by atoms with Crippen molar-refractivity contribution in [3.8, 4) is 5.75 Å². The van der Waals surface area contributed by atoms with Gasteiger partial charge in [-0.05, 0) is 18.1 Å². The molecule has 4 nitrogen and oxygen atoms in total. The largest absolute Gasteiger partial charge is 0.489 e. The van der Waals surface area contributed by atoms with Crippen LogP contribution in [0.5, 0.6) is 5.75 Å². The first-order chi connectivity index (χ1) is 9.50. The number of hydrogen-bond acceptors (Lipinski definition) is 3. The lowest BCUT2D eigenvalue weighted by Crippen LogP contribution is -2.10. The van der Waals surface area contributed by atoms with Crippen LogP contribution in [0.2, 0.25) is 5.02 Å². The molecule has 0 unspecified atom stereocenters. The number of halogens is 1. The third-order valence-corrected chi connectivity index (χ3v) is 2.63. The van der Waals surface area contributed by atoms with Gasteiger partial charge in [-0.25, -0.2) is 4.79 Å². The number of ether oxygens (including phenoxy) is 2. The van der Waals surface area contributed by atoms with Crippen LogP contribution in [0.15, 0.2) is 24.3 Å². The molecule has 0 spiro atoms. The molecule has 1 aromatic carbocycles. The van der Waals surface area contributed by atoms with Crippen molar-refractivity contribution in [1.82, 2.24) is 0 Å². The van der Waals surface area contributed by atoms with E-state index < -0.39 is 5.97 Å². The lowest BCUT2D eigenvalue weighted by Gasteiger charge is -2.12. The van der Waals surface area contributed by atoms with Gasteiger partial charge in [0.1, 0.15) is 12.4 Å². The molecule has 5 heteroatoms. The van der Waals surface area contributed by atoms with Crippen molar-refractivity contribution in [1.29, 1.82) is 0 Å². The molecule has 0 aliphatic carbocycles. The van der Waals surface area contributed by atoms with Crippen LogP contribution in [0.1, 0.15) is 19.4 Å². The van der Waals surface area contributed by atoms with E-state index in [4.69, 9.17) is 26.2 Å². The number of carboxylic acids is 1. The highest BCUT2D eigenvalue weighted by Gasteiger charge is 2.06. The molecule has 20 heavy (non-hydrogen) atoms. The number of rotatable bonds is 8. The van der Waals surface area contributed by atoms with Crippen LogP contribution in [0, 0.1) is 5.92 Å². The minimum Gasteiger partial charge on any atom is -0.489 e. The zero-order chi connectivity index (χ0) is 15.0. The van der Waals surface area contributed by atoms with E-state index >= 15 is 0 Å². The van der Waals surface area contributed by atoms with E-state index in [-0.39, 0.29) is 0 Å². The summed E-state index contributed by atoms with van der Waals surface area (Å²) in [6, 6.07) is 5.19.